The average Bonchev–Trinajstić information content (AvgIpc) is 2.83. The van der Waals surface area contributed by atoms with Crippen molar-refractivity contribution in [2.24, 2.45) is 9.98 Å². The predicted molar refractivity (Wildman–Crippen MR) is 112 cm³/mol. The molecule has 2 aromatic rings. The van der Waals surface area contributed by atoms with Crippen LogP contribution in [0.5, 0.6) is 0 Å². The molecule has 1 aromatic carbocycles. The number of halogens is 1. The number of rotatable bonds is 5. The summed E-state index contributed by atoms with van der Waals surface area (Å²) in [5, 5.41) is 1.63. The van der Waals surface area contributed by atoms with E-state index in [1.165, 1.54) is 11.3 Å². The highest BCUT2D eigenvalue weighted by Gasteiger charge is 2.14. The molecule has 0 bridgehead atoms. The normalized spacial score (nSPS) is 13.3. The van der Waals surface area contributed by atoms with E-state index in [2.05, 4.69) is 9.98 Å². The first-order valence-corrected chi connectivity index (χ1v) is 9.23. The van der Waals surface area contributed by atoms with Crippen LogP contribution in [0.1, 0.15) is 9.67 Å². The van der Waals surface area contributed by atoms with Gasteiger partial charge in [0.2, 0.25) is 0 Å². The fourth-order valence-corrected chi connectivity index (χ4v) is 3.75. The summed E-state index contributed by atoms with van der Waals surface area (Å²) in [6, 6.07) is 7.50. The van der Waals surface area contributed by atoms with Crippen molar-refractivity contribution in [2.45, 2.75) is 0 Å². The summed E-state index contributed by atoms with van der Waals surface area (Å²) in [6.07, 6.45) is 6.45. The van der Waals surface area contributed by atoms with Gasteiger partial charge in [0.05, 0.1) is 29.1 Å². The average molecular weight is 387 g/mol. The lowest BCUT2D eigenvalue weighted by Gasteiger charge is -2.14. The first-order valence-electron chi connectivity index (χ1n) is 8.03. The zero-order valence-corrected chi connectivity index (χ0v) is 16.4. The molecule has 134 valence electrons. The van der Waals surface area contributed by atoms with E-state index in [0.29, 0.717) is 22.1 Å². The molecule has 0 saturated heterocycles. The van der Waals surface area contributed by atoms with Crippen molar-refractivity contribution in [3.63, 3.8) is 0 Å². The monoisotopic (exact) mass is 386 g/mol. The molecule has 1 aliphatic rings. The lowest BCUT2D eigenvalue weighted by atomic mass is 10.2. The SMILES string of the molecule is CN(C)C1=c2c(N=CN(C)c3ccc(Cl)cc3)c(C=O)sc2=CCN=C1. The molecule has 0 amide bonds. The molecular weight excluding hydrogens is 368 g/mol. The Balaban J connectivity index is 2.11. The molecule has 0 saturated carbocycles. The van der Waals surface area contributed by atoms with Crippen LogP contribution in [-0.2, 0) is 0 Å². The first kappa shape index (κ1) is 18.4. The van der Waals surface area contributed by atoms with Crippen LogP contribution in [0, 0.1) is 0 Å². The third kappa shape index (κ3) is 3.71. The highest BCUT2D eigenvalue weighted by atomic mass is 35.5. The van der Waals surface area contributed by atoms with Crippen LogP contribution in [-0.4, -0.2) is 51.4 Å². The molecule has 0 atom stereocenters. The molecule has 0 aliphatic carbocycles. The number of fused-ring (bicyclic) bond motifs is 1. The molecule has 5 nitrogen and oxygen atoms in total. The minimum atomic E-state index is 0.594. The van der Waals surface area contributed by atoms with Crippen molar-refractivity contribution in [3.8, 4) is 0 Å². The number of nitrogens with zero attached hydrogens (tertiary/aromatic N) is 4. The largest absolute Gasteiger partial charge is 0.376 e. The molecule has 3 rings (SSSR count). The van der Waals surface area contributed by atoms with E-state index in [1.807, 2.05) is 67.5 Å². The van der Waals surface area contributed by atoms with Crippen molar-refractivity contribution in [1.29, 1.82) is 0 Å². The van der Waals surface area contributed by atoms with E-state index in [9.17, 15) is 4.79 Å². The Kier molecular flexibility index (Phi) is 5.54. The second kappa shape index (κ2) is 7.85. The van der Waals surface area contributed by atoms with Gasteiger partial charge in [-0.3, -0.25) is 9.79 Å². The third-order valence-corrected chi connectivity index (χ3v) is 5.32. The number of hydrogen-bond acceptors (Lipinski definition) is 5. The maximum absolute atomic E-state index is 11.6. The standard InChI is InChI=1S/C19H19ClN4OS/c1-23(2)15-10-21-9-8-16-18(15)19(17(11-25)26-16)22-12-24(3)14-6-4-13(20)5-7-14/h4-8,10-12H,9H2,1-3H3. The molecule has 26 heavy (non-hydrogen) atoms. The van der Waals surface area contributed by atoms with Crippen LogP contribution < -0.4 is 14.7 Å². The quantitative estimate of drug-likeness (QED) is 0.450. The number of anilines is 1. The summed E-state index contributed by atoms with van der Waals surface area (Å²) in [7, 11) is 5.83. The van der Waals surface area contributed by atoms with Gasteiger partial charge in [-0.1, -0.05) is 11.6 Å². The molecule has 0 unspecified atom stereocenters. The van der Waals surface area contributed by atoms with E-state index >= 15 is 0 Å². The zero-order valence-electron chi connectivity index (χ0n) is 14.8. The number of carbonyl (C=O) groups excluding carboxylic acids is 1. The fourth-order valence-electron chi connectivity index (χ4n) is 2.62. The Bertz CT molecular complexity index is 990. The minimum absolute atomic E-state index is 0.594. The Labute approximate surface area is 161 Å². The first-order chi connectivity index (χ1) is 12.5. The van der Waals surface area contributed by atoms with Gasteiger partial charge < -0.3 is 9.80 Å². The van der Waals surface area contributed by atoms with Crippen molar-refractivity contribution < 1.29 is 4.79 Å². The molecule has 1 aromatic heterocycles. The lowest BCUT2D eigenvalue weighted by Crippen LogP contribution is -2.28. The van der Waals surface area contributed by atoms with Crippen LogP contribution in [0.2, 0.25) is 5.02 Å². The molecular formula is C19H19ClN4OS. The number of benzene rings is 1. The van der Waals surface area contributed by atoms with Crippen LogP contribution in [0.15, 0.2) is 34.3 Å². The second-order valence-electron chi connectivity index (χ2n) is 5.98. The summed E-state index contributed by atoms with van der Waals surface area (Å²) in [6.45, 7) is 0.594. The predicted octanol–water partition coefficient (Wildman–Crippen LogP) is 2.54. The van der Waals surface area contributed by atoms with Crippen LogP contribution in [0.25, 0.3) is 11.8 Å². The Morgan fingerprint density at radius 1 is 1.23 bits per heavy atom. The lowest BCUT2D eigenvalue weighted by molar-refractivity contribution is 0.112. The van der Waals surface area contributed by atoms with Crippen molar-refractivity contribution in [2.75, 3.05) is 32.6 Å². The van der Waals surface area contributed by atoms with Crippen molar-refractivity contribution >= 4 is 64.9 Å². The summed E-state index contributed by atoms with van der Waals surface area (Å²) in [5.74, 6) is 0. The number of aliphatic imine (C=N–C) groups is 2. The van der Waals surface area contributed by atoms with Crippen LogP contribution in [0.3, 0.4) is 0 Å². The molecule has 0 fully saturated rings. The molecule has 0 radical (unpaired) electrons. The smallest absolute Gasteiger partial charge is 0.162 e. The zero-order chi connectivity index (χ0) is 18.7. The van der Waals surface area contributed by atoms with E-state index in [1.54, 1.807) is 6.34 Å². The number of aldehydes is 1. The van der Waals surface area contributed by atoms with Crippen molar-refractivity contribution in [3.05, 3.63) is 43.9 Å². The van der Waals surface area contributed by atoms with Gasteiger partial charge in [-0.15, -0.1) is 11.3 Å². The topological polar surface area (TPSA) is 48.3 Å². The van der Waals surface area contributed by atoms with Gasteiger partial charge in [-0.2, -0.15) is 0 Å². The fraction of sp³-hybridized carbons (Fsp3) is 0.211. The van der Waals surface area contributed by atoms with E-state index < -0.39 is 0 Å². The second-order valence-corrected chi connectivity index (χ2v) is 7.50. The van der Waals surface area contributed by atoms with Crippen LogP contribution in [0.4, 0.5) is 11.4 Å². The third-order valence-electron chi connectivity index (χ3n) is 3.97. The van der Waals surface area contributed by atoms with Gasteiger partial charge in [0.1, 0.15) is 0 Å². The molecule has 0 spiro atoms. The minimum Gasteiger partial charge on any atom is -0.376 e. The van der Waals surface area contributed by atoms with Gasteiger partial charge in [0.25, 0.3) is 0 Å². The summed E-state index contributed by atoms with van der Waals surface area (Å²) in [4.78, 5) is 25.1. The number of hydrogen-bond donors (Lipinski definition) is 0. The highest BCUT2D eigenvalue weighted by Crippen LogP contribution is 2.19. The molecule has 0 N–H and O–H groups in total. The van der Waals surface area contributed by atoms with Crippen LogP contribution >= 0.6 is 22.9 Å². The van der Waals surface area contributed by atoms with Gasteiger partial charge in [0, 0.05) is 47.8 Å². The number of thiophene rings is 1. The molecule has 1 aliphatic heterocycles. The van der Waals surface area contributed by atoms with Gasteiger partial charge >= 0.3 is 0 Å². The highest BCUT2D eigenvalue weighted by molar-refractivity contribution is 7.12. The maximum atomic E-state index is 11.6. The Hall–Kier alpha value is -2.44. The van der Waals surface area contributed by atoms with Gasteiger partial charge in [0.15, 0.2) is 6.29 Å². The van der Waals surface area contributed by atoms with Crippen molar-refractivity contribution in [1.82, 2.24) is 4.90 Å². The van der Waals surface area contributed by atoms with E-state index in [-0.39, 0.29) is 0 Å². The Morgan fingerprint density at radius 2 is 1.96 bits per heavy atom. The molecule has 7 heteroatoms. The summed E-state index contributed by atoms with van der Waals surface area (Å²) >= 11 is 7.39. The van der Waals surface area contributed by atoms with Gasteiger partial charge in [-0.25, -0.2) is 4.99 Å². The van der Waals surface area contributed by atoms with E-state index in [4.69, 9.17) is 11.6 Å². The molecule has 2 heterocycles. The Morgan fingerprint density at radius 3 is 2.62 bits per heavy atom. The summed E-state index contributed by atoms with van der Waals surface area (Å²) < 4.78 is 1.02. The maximum Gasteiger partial charge on any atom is 0.162 e. The van der Waals surface area contributed by atoms with Gasteiger partial charge in [-0.05, 0) is 30.3 Å². The van der Waals surface area contributed by atoms with E-state index in [0.717, 1.165) is 27.4 Å². The summed E-state index contributed by atoms with van der Waals surface area (Å²) in [5.41, 5.74) is 2.57. The number of carbonyl (C=O) groups is 1.